The van der Waals surface area contributed by atoms with Gasteiger partial charge in [0.05, 0.1) is 11.7 Å². The first-order valence-electron chi connectivity index (χ1n) is 11.9. The number of carbonyl (C=O) groups excluding carboxylic acids is 1. The van der Waals surface area contributed by atoms with Gasteiger partial charge >= 0.3 is 0 Å². The molecule has 4 aromatic heterocycles. The van der Waals surface area contributed by atoms with E-state index in [0.29, 0.717) is 11.7 Å². The van der Waals surface area contributed by atoms with Crippen molar-refractivity contribution >= 4 is 27.8 Å². The number of rotatable bonds is 3. The molecule has 6 heterocycles. The van der Waals surface area contributed by atoms with E-state index >= 15 is 0 Å². The minimum absolute atomic E-state index is 0.0226. The van der Waals surface area contributed by atoms with Crippen molar-refractivity contribution in [3.63, 3.8) is 0 Å². The first-order valence-corrected chi connectivity index (χ1v) is 11.9. The Hall–Kier alpha value is -3.32. The van der Waals surface area contributed by atoms with Crippen molar-refractivity contribution in [2.24, 2.45) is 0 Å². The summed E-state index contributed by atoms with van der Waals surface area (Å²) in [5, 5.41) is 2.02. The number of fused-ring (bicyclic) bond motifs is 3. The van der Waals surface area contributed by atoms with Gasteiger partial charge in [0.25, 0.3) is 5.91 Å². The zero-order valence-corrected chi connectivity index (χ0v) is 19.0. The van der Waals surface area contributed by atoms with Crippen molar-refractivity contribution in [3.05, 3.63) is 54.7 Å². The minimum atomic E-state index is 0.0226. The molecule has 7 nitrogen and oxygen atoms in total. The Balaban J connectivity index is 1.32. The maximum Gasteiger partial charge on any atom is 0.272 e. The highest BCUT2D eigenvalue weighted by atomic mass is 16.2. The highest BCUT2D eigenvalue weighted by molar-refractivity contribution is 6.09. The van der Waals surface area contributed by atoms with Gasteiger partial charge < -0.3 is 14.8 Å². The van der Waals surface area contributed by atoms with Crippen LogP contribution in [-0.2, 0) is 0 Å². The molecular formula is C26H29N6O+. The Labute approximate surface area is 193 Å². The largest absolute Gasteiger partial charge is 0.338 e. The van der Waals surface area contributed by atoms with E-state index in [1.807, 2.05) is 17.2 Å². The van der Waals surface area contributed by atoms with Gasteiger partial charge in [-0.1, -0.05) is 0 Å². The quantitative estimate of drug-likeness (QED) is 0.494. The number of carbonyl (C=O) groups is 1. The fourth-order valence-electron chi connectivity index (χ4n) is 5.20. The van der Waals surface area contributed by atoms with Gasteiger partial charge in [-0.15, -0.1) is 0 Å². The highest BCUT2D eigenvalue weighted by Crippen LogP contribution is 2.29. The molecular weight excluding hydrogens is 412 g/mol. The molecule has 0 saturated carbocycles. The van der Waals surface area contributed by atoms with Crippen LogP contribution in [0.15, 0.2) is 49.1 Å². The Morgan fingerprint density at radius 2 is 1.73 bits per heavy atom. The number of nitrogens with zero attached hydrogens (tertiary/aromatic N) is 5. The van der Waals surface area contributed by atoms with Crippen LogP contribution < -0.4 is 4.57 Å². The maximum absolute atomic E-state index is 12.8. The molecule has 0 bridgehead atoms. The van der Waals surface area contributed by atoms with Crippen molar-refractivity contribution in [2.45, 2.75) is 31.7 Å². The van der Waals surface area contributed by atoms with Crippen LogP contribution in [0.5, 0.6) is 0 Å². The molecule has 2 fully saturated rings. The average Bonchev–Trinajstić information content (AvgIpc) is 3.52. The fraction of sp³-hybridized carbons (Fsp3) is 0.385. The molecule has 2 aliphatic heterocycles. The molecule has 2 aliphatic rings. The summed E-state index contributed by atoms with van der Waals surface area (Å²) in [6.45, 7) is 3.95. The third kappa shape index (κ3) is 3.76. The summed E-state index contributed by atoms with van der Waals surface area (Å²) in [6.07, 6.45) is 12.6. The van der Waals surface area contributed by atoms with E-state index in [4.69, 9.17) is 0 Å². The summed E-state index contributed by atoms with van der Waals surface area (Å²) in [4.78, 5) is 29.6. The molecule has 0 aliphatic carbocycles. The van der Waals surface area contributed by atoms with Crippen molar-refractivity contribution in [1.82, 2.24) is 24.8 Å². The van der Waals surface area contributed by atoms with Crippen molar-refractivity contribution < 1.29 is 9.36 Å². The lowest BCUT2D eigenvalue weighted by atomic mass is 10.0. The van der Waals surface area contributed by atoms with E-state index in [1.54, 1.807) is 6.20 Å². The van der Waals surface area contributed by atoms with E-state index in [2.05, 4.69) is 62.1 Å². The van der Waals surface area contributed by atoms with E-state index in [-0.39, 0.29) is 5.91 Å². The number of aromatic nitrogens is 4. The third-order valence-corrected chi connectivity index (χ3v) is 7.24. The molecule has 6 rings (SSSR count). The lowest BCUT2D eigenvalue weighted by Crippen LogP contribution is -2.45. The number of amides is 1. The van der Waals surface area contributed by atoms with Crippen LogP contribution in [0.2, 0.25) is 0 Å². The lowest BCUT2D eigenvalue weighted by Gasteiger charge is -2.25. The van der Waals surface area contributed by atoms with Gasteiger partial charge in [-0.25, -0.2) is 14.5 Å². The first-order chi connectivity index (χ1) is 16.2. The number of pyridine rings is 3. The molecule has 4 aromatic rings. The topological polar surface area (TPSA) is 69.0 Å². The van der Waals surface area contributed by atoms with Gasteiger partial charge in [0.2, 0.25) is 0 Å². The van der Waals surface area contributed by atoms with E-state index < -0.39 is 0 Å². The van der Waals surface area contributed by atoms with Crippen LogP contribution in [0.25, 0.3) is 33.1 Å². The standard InChI is InChI=1S/C26H28N6O/c1-30-10-6-20(7-11-30)31-12-4-18(5-13-31)19-14-22-21-15-23(26(33)32-8-2-3-9-32)27-17-24(21)29-25(22)28-16-19/h4-5,12-17,20H,2-3,6-11H2,1H3/p+1. The second kappa shape index (κ2) is 8.23. The Kier molecular flexibility index (Phi) is 5.06. The van der Waals surface area contributed by atoms with Crippen molar-refractivity contribution in [3.8, 4) is 11.1 Å². The molecule has 2 saturated heterocycles. The van der Waals surface area contributed by atoms with Gasteiger partial charge in [0.1, 0.15) is 11.3 Å². The van der Waals surface area contributed by atoms with Crippen LogP contribution >= 0.6 is 0 Å². The van der Waals surface area contributed by atoms with Gasteiger partial charge in [-0.2, -0.15) is 0 Å². The third-order valence-electron chi connectivity index (χ3n) is 7.24. The Morgan fingerprint density at radius 1 is 0.970 bits per heavy atom. The smallest absolute Gasteiger partial charge is 0.272 e. The summed E-state index contributed by atoms with van der Waals surface area (Å²) < 4.78 is 2.34. The molecule has 0 radical (unpaired) electrons. The maximum atomic E-state index is 12.8. The van der Waals surface area contributed by atoms with Crippen LogP contribution in [0.1, 0.15) is 42.2 Å². The van der Waals surface area contributed by atoms with E-state index in [9.17, 15) is 4.79 Å². The predicted molar refractivity (Wildman–Crippen MR) is 128 cm³/mol. The summed E-state index contributed by atoms with van der Waals surface area (Å²) in [5.41, 5.74) is 4.45. The predicted octanol–water partition coefficient (Wildman–Crippen LogP) is 3.57. The first kappa shape index (κ1) is 20.3. The molecule has 168 valence electrons. The number of hydrogen-bond acceptors (Lipinski definition) is 4. The van der Waals surface area contributed by atoms with Crippen LogP contribution in [0.3, 0.4) is 0 Å². The SMILES string of the molecule is CN1CCC([n+]2ccc(-c3cnc4[nH]c5cnc(C(=O)N6CCCC6)cc5c4c3)cc2)CC1. The second-order valence-corrected chi connectivity index (χ2v) is 9.43. The molecule has 1 amide bonds. The highest BCUT2D eigenvalue weighted by Gasteiger charge is 2.24. The zero-order valence-electron chi connectivity index (χ0n) is 19.0. The van der Waals surface area contributed by atoms with Crippen molar-refractivity contribution in [1.29, 1.82) is 0 Å². The normalized spacial score (nSPS) is 17.9. The summed E-state index contributed by atoms with van der Waals surface area (Å²) in [5.74, 6) is 0.0226. The van der Waals surface area contributed by atoms with Gasteiger partial charge in [0, 0.05) is 73.7 Å². The lowest BCUT2D eigenvalue weighted by molar-refractivity contribution is -0.725. The van der Waals surface area contributed by atoms with Crippen LogP contribution in [0, 0.1) is 0 Å². The van der Waals surface area contributed by atoms with Gasteiger partial charge in [0.15, 0.2) is 18.4 Å². The molecule has 7 heteroatoms. The average molecular weight is 442 g/mol. The molecule has 0 aromatic carbocycles. The van der Waals surface area contributed by atoms with Crippen molar-refractivity contribution in [2.75, 3.05) is 33.2 Å². The van der Waals surface area contributed by atoms with Crippen LogP contribution in [-0.4, -0.2) is 63.9 Å². The zero-order chi connectivity index (χ0) is 22.4. The molecule has 33 heavy (non-hydrogen) atoms. The second-order valence-electron chi connectivity index (χ2n) is 9.43. The number of likely N-dealkylation sites (tertiary alicyclic amines) is 2. The number of hydrogen-bond donors (Lipinski definition) is 1. The number of nitrogens with one attached hydrogen (secondary N) is 1. The Bertz CT molecular complexity index is 1310. The summed E-state index contributed by atoms with van der Waals surface area (Å²) in [7, 11) is 2.19. The number of piperidine rings is 1. The van der Waals surface area contributed by atoms with E-state index in [1.165, 1.54) is 12.8 Å². The Morgan fingerprint density at radius 3 is 2.48 bits per heavy atom. The monoisotopic (exact) mass is 441 g/mol. The summed E-state index contributed by atoms with van der Waals surface area (Å²) >= 11 is 0. The summed E-state index contributed by atoms with van der Waals surface area (Å²) in [6, 6.07) is 9.02. The number of H-pyrrole nitrogens is 1. The minimum Gasteiger partial charge on any atom is -0.338 e. The molecule has 0 unspecified atom stereocenters. The molecule has 1 N–H and O–H groups in total. The fourth-order valence-corrected chi connectivity index (χ4v) is 5.20. The number of aromatic amines is 1. The van der Waals surface area contributed by atoms with Gasteiger partial charge in [-0.05, 0) is 37.6 Å². The molecule has 0 atom stereocenters. The molecule has 0 spiro atoms. The van der Waals surface area contributed by atoms with Gasteiger partial charge in [-0.3, -0.25) is 4.79 Å². The van der Waals surface area contributed by atoms with Crippen LogP contribution in [0.4, 0.5) is 0 Å². The van der Waals surface area contributed by atoms with E-state index in [0.717, 1.165) is 72.1 Å².